The molecule has 0 radical (unpaired) electrons. The van der Waals surface area contributed by atoms with Crippen LogP contribution in [0.4, 0.5) is 28.4 Å². The Morgan fingerprint density at radius 2 is 0.819 bits per heavy atom. The first-order valence-corrected chi connectivity index (χ1v) is 44.8. The zero-order valence-corrected chi connectivity index (χ0v) is 76.0. The Kier molecular flexibility index (Phi) is 41.2. The molecule has 6 bridgehead atoms. The van der Waals surface area contributed by atoms with Crippen molar-refractivity contribution in [1.82, 2.24) is 4.90 Å². The molecule has 0 saturated carbocycles. The fourth-order valence-corrected chi connectivity index (χ4v) is 17.3. The van der Waals surface area contributed by atoms with Crippen LogP contribution in [-0.2, 0) is 54.1 Å². The van der Waals surface area contributed by atoms with E-state index < -0.39 is 23.0 Å². The van der Waals surface area contributed by atoms with Gasteiger partial charge in [-0.25, -0.2) is 14.4 Å². The number of carbonyl (C=O) groups excluding carboxylic acids is 9. The number of halogens is 3. The van der Waals surface area contributed by atoms with E-state index in [2.05, 4.69) is 41.5 Å². The molecule has 9 aliphatic heterocycles. The molecule has 0 amide bonds. The highest BCUT2D eigenvalue weighted by Crippen LogP contribution is 2.40. The predicted octanol–water partition coefficient (Wildman–Crippen LogP) is 15.7. The third-order valence-electron chi connectivity index (χ3n) is 23.6. The van der Waals surface area contributed by atoms with Crippen LogP contribution in [0.1, 0.15) is 171 Å². The molecule has 9 fully saturated rings. The van der Waals surface area contributed by atoms with Gasteiger partial charge in [-0.3, -0.25) is 43.8 Å². The van der Waals surface area contributed by atoms with E-state index in [4.69, 9.17) is 31.5 Å². The second-order valence-corrected chi connectivity index (χ2v) is 33.6. The summed E-state index contributed by atoms with van der Waals surface area (Å²) in [4.78, 5) is 121. The number of alkyl halides is 1. The Balaban J connectivity index is 0.000000209. The first-order valence-electron chi connectivity index (χ1n) is 43.3. The lowest BCUT2D eigenvalue weighted by molar-refractivity contribution is -0.938. The molecule has 674 valence electrons. The van der Waals surface area contributed by atoms with Gasteiger partial charge in [0, 0.05) is 122 Å². The van der Waals surface area contributed by atoms with Crippen LogP contribution in [0.25, 0.3) is 0 Å². The molecule has 9 aromatic carbocycles. The number of ether oxygens (including phenoxy) is 4. The van der Waals surface area contributed by atoms with E-state index in [1.54, 1.807) is 31.2 Å². The van der Waals surface area contributed by atoms with Crippen molar-refractivity contribution in [2.24, 2.45) is 17.8 Å². The van der Waals surface area contributed by atoms with E-state index >= 15 is 0 Å². The number of Topliss-reactive ketones (excluding diaryl/α,β-unsaturated/α-hetero) is 4. The Bertz CT molecular complexity index is 4920. The average Bonchev–Trinajstić information content (AvgIpc) is 0.770. The molecule has 6 atom stereocenters. The van der Waals surface area contributed by atoms with Crippen LogP contribution in [0, 0.1) is 27.9 Å². The second kappa shape index (κ2) is 51.7. The molecule has 0 aromatic heterocycles. The van der Waals surface area contributed by atoms with Crippen molar-refractivity contribution in [2.75, 3.05) is 106 Å². The molecule has 0 unspecified atom stereocenters. The minimum atomic E-state index is -0.614. The van der Waals surface area contributed by atoms with E-state index in [0.29, 0.717) is 101 Å². The summed E-state index contributed by atoms with van der Waals surface area (Å²) in [6, 6.07) is 76.9. The highest BCUT2D eigenvalue weighted by atomic mass is 79.9. The third kappa shape index (κ3) is 31.4. The van der Waals surface area contributed by atoms with E-state index in [1.165, 1.54) is 31.2 Å². The Hall–Kier alpha value is -11.1. The van der Waals surface area contributed by atoms with E-state index in [9.17, 15) is 53.3 Å². The summed E-state index contributed by atoms with van der Waals surface area (Å²) >= 11 is 7.95. The largest absolute Gasteiger partial charge is 1.00 e. The first kappa shape index (κ1) is 101. The number of rotatable bonds is 31. The Morgan fingerprint density at radius 1 is 0.480 bits per heavy atom. The molecule has 0 spiro atoms. The fraction of sp³-hybridized carbons (Fsp3) is 0.376. The summed E-state index contributed by atoms with van der Waals surface area (Å²) in [5.74, 6) is 0.584. The number of benzene rings is 9. The fourth-order valence-electron chi connectivity index (χ4n) is 16.8. The SMILES string of the molecule is C.CCCC(=O)Cc1ccc(C(=O)C[N+]23CCC(CC2)[C@@H](OC(=O)[C@H](Nc2ccccc2)c2ccccc2)C3)cc1.CCCC(=O)Cl.CCOC(C)=O.Nc1ccc(C(=O)C[N+]23CCC(CC2)[C@@H](OC(=O)[C@H](Nc2ccccc2)c2ccccc2)C3)cc1.O=C(CBr)c1ccc([N+](=O)[O-])cc1.O=C(O[C@H]1CN2CCC1CC2)[C@H](Nc1ccccc1)c1ccccc1.[Br-]. The second-order valence-electron chi connectivity index (χ2n) is 32.6. The number of ketones is 4. The van der Waals surface area contributed by atoms with Gasteiger partial charge in [-0.15, -0.1) is 0 Å². The summed E-state index contributed by atoms with van der Waals surface area (Å²) in [7, 11) is 0. The monoisotopic (exact) mass is 1880 g/mol. The first-order chi connectivity index (χ1) is 60.4. The molecule has 9 aliphatic rings. The number of nitrogens with two attached hydrogens (primary N) is 1. The summed E-state index contributed by atoms with van der Waals surface area (Å²) in [6.07, 6.45) is 8.95. The van der Waals surface area contributed by atoms with Crippen molar-refractivity contribution in [1.29, 1.82) is 0 Å². The van der Waals surface area contributed by atoms with Crippen molar-refractivity contribution in [3.8, 4) is 0 Å². The van der Waals surface area contributed by atoms with Crippen LogP contribution in [0.3, 0.4) is 0 Å². The lowest BCUT2D eigenvalue weighted by atomic mass is 9.82. The van der Waals surface area contributed by atoms with Gasteiger partial charge in [-0.05, 0) is 158 Å². The number of para-hydroxylation sites is 3. The number of piperidine rings is 9. The average molecular weight is 1880 g/mol. The van der Waals surface area contributed by atoms with Crippen molar-refractivity contribution >= 4 is 108 Å². The van der Waals surface area contributed by atoms with Crippen LogP contribution < -0.4 is 38.7 Å². The maximum absolute atomic E-state index is 13.6. The van der Waals surface area contributed by atoms with Crippen LogP contribution in [0.5, 0.6) is 0 Å². The zero-order chi connectivity index (χ0) is 89.1. The molecule has 9 aromatic rings. The number of hydrogen-bond acceptors (Lipinski definition) is 20. The molecule has 9 saturated heterocycles. The molecular weight excluding hydrogens is 1760 g/mol. The van der Waals surface area contributed by atoms with Gasteiger partial charge in [-0.2, -0.15) is 0 Å². The van der Waals surface area contributed by atoms with Gasteiger partial charge in [0.2, 0.25) is 16.8 Å². The quantitative estimate of drug-likeness (QED) is 0.00361. The number of carbonyl (C=O) groups is 9. The summed E-state index contributed by atoms with van der Waals surface area (Å²) in [5.41, 5.74) is 14.5. The van der Waals surface area contributed by atoms with Gasteiger partial charge in [0.15, 0.2) is 36.1 Å². The van der Waals surface area contributed by atoms with E-state index in [-0.39, 0.29) is 106 Å². The number of non-ortho nitro benzene ring substituents is 1. The van der Waals surface area contributed by atoms with E-state index in [0.717, 1.165) is 136 Å². The van der Waals surface area contributed by atoms with Crippen LogP contribution in [0.2, 0.25) is 0 Å². The molecule has 23 nitrogen and oxygen atoms in total. The van der Waals surface area contributed by atoms with Gasteiger partial charge in [0.05, 0.1) is 43.0 Å². The number of quaternary nitrogens is 2. The maximum Gasteiger partial charge on any atom is 0.333 e. The maximum atomic E-state index is 13.6. The highest BCUT2D eigenvalue weighted by molar-refractivity contribution is 9.09. The van der Waals surface area contributed by atoms with Gasteiger partial charge in [0.1, 0.15) is 38.1 Å². The molecule has 5 N–H and O–H groups in total. The molecule has 9 heterocycles. The molecule has 18 rings (SSSR count). The smallest absolute Gasteiger partial charge is 0.333 e. The summed E-state index contributed by atoms with van der Waals surface area (Å²) in [5, 5.41) is 20.3. The normalized spacial score (nSPS) is 20.5. The number of esters is 4. The summed E-state index contributed by atoms with van der Waals surface area (Å²) in [6.45, 7) is 16.7. The lowest BCUT2D eigenvalue weighted by Crippen LogP contribution is -3.00. The Morgan fingerprint density at radius 3 is 1.13 bits per heavy atom. The molecule has 26 heteroatoms. The van der Waals surface area contributed by atoms with Gasteiger partial charge in [0.25, 0.3) is 5.69 Å². The lowest BCUT2D eigenvalue weighted by Gasteiger charge is -2.51. The van der Waals surface area contributed by atoms with Crippen molar-refractivity contribution in [3.05, 3.63) is 304 Å². The summed E-state index contributed by atoms with van der Waals surface area (Å²) < 4.78 is 24.1. The van der Waals surface area contributed by atoms with Gasteiger partial charge >= 0.3 is 23.9 Å². The van der Waals surface area contributed by atoms with E-state index in [1.807, 2.05) is 220 Å². The van der Waals surface area contributed by atoms with Crippen LogP contribution in [-0.4, -0.2) is 173 Å². The number of nitro groups is 1. The standard InChI is InChI=1S/C34H39N2O4.C29H31N3O3.C21H24N2O2.C8H6BrNO3.C4H7ClO.C4H8O2.CH4.BrH/c1-2-9-30(37)22-25-14-16-26(17-15-25)31(38)23-36-20-18-27(19-21-36)32(24-36)40-34(39)33(28-10-5-3-6-11-28)35-29-12-7-4-8-13-29;30-24-13-11-21(12-14-24)26(33)19-32-17-15-22(16-18-32)27(20-32)35-29(34)28(23-7-3-1-4-8-23)31-25-9-5-2-6-10-25;24-21(25-19-15-23-13-11-16(19)12-14-23)20(17-7-3-1-4-8-17)22-18-9-5-2-6-10-18;9-5-8(11)6-1-3-7(4-2-6)10(12)13;1-2-3-4(5)6;1-3-6-4(2)5;;/h3-8,10-17,27,32-33,35H,2,9,18-24H2,1H3;1-14,22,27-28,31H,15-20H2,(H-,30,33);1-10,16,19-20,22H,11-15H2;1-4H,5H2;2-3H2,1H3;3H2,1-2H3;1H4;1H/q+1;;;;;;;/t27?,32-,33+,36?;22?,27-,28+,32?;19-,20+;;;;;/m000...../s1. The van der Waals surface area contributed by atoms with Gasteiger partial charge < -0.3 is 66.6 Å². The Labute approximate surface area is 770 Å². The number of hydrogen-bond donors (Lipinski definition) is 4. The molecule has 0 aliphatic carbocycles. The molecular formula is C101H120Br2ClN8O15+. The number of nitrogen functional groups attached to an aromatic ring is 1. The topological polar surface area (TPSA) is 299 Å². The minimum absolute atomic E-state index is 0. The number of nitro benzene ring substituents is 1. The number of anilines is 4. The van der Waals surface area contributed by atoms with Crippen molar-refractivity contribution in [2.45, 2.75) is 142 Å². The number of nitrogens with zero attached hydrogens (tertiary/aromatic N) is 4. The zero-order valence-electron chi connectivity index (χ0n) is 72.0. The van der Waals surface area contributed by atoms with Crippen LogP contribution in [0.15, 0.2) is 255 Å². The number of nitrogens with one attached hydrogen (secondary N) is 3. The predicted molar refractivity (Wildman–Crippen MR) is 497 cm³/mol. The minimum Gasteiger partial charge on any atom is -1.00 e. The highest BCUT2D eigenvalue weighted by Gasteiger charge is 2.51. The molecule has 127 heavy (non-hydrogen) atoms. The van der Waals surface area contributed by atoms with Crippen molar-refractivity contribution < 1.29 is 93.0 Å². The van der Waals surface area contributed by atoms with Crippen LogP contribution >= 0.6 is 27.5 Å². The third-order valence-corrected chi connectivity index (χ3v) is 24.3. The van der Waals surface area contributed by atoms with Crippen molar-refractivity contribution in [3.63, 3.8) is 0 Å². The number of fused-ring (bicyclic) bond motifs is 9. The van der Waals surface area contributed by atoms with Gasteiger partial charge in [-0.1, -0.05) is 207 Å².